The lowest BCUT2D eigenvalue weighted by Crippen LogP contribution is -2.25. The molecule has 0 aromatic carbocycles. The zero-order chi connectivity index (χ0) is 11.5. The first-order valence-electron chi connectivity index (χ1n) is 6.33. The lowest BCUT2D eigenvalue weighted by molar-refractivity contribution is 0.489. The molecule has 0 aliphatic heterocycles. The van der Waals surface area contributed by atoms with Gasteiger partial charge in [0.1, 0.15) is 0 Å². The number of thiazole rings is 1. The molecule has 1 aliphatic rings. The van der Waals surface area contributed by atoms with Crippen LogP contribution in [0.15, 0.2) is 6.20 Å². The summed E-state index contributed by atoms with van der Waals surface area (Å²) in [7, 11) is 0. The topological polar surface area (TPSA) is 24.9 Å². The van der Waals surface area contributed by atoms with Crippen molar-refractivity contribution in [3.63, 3.8) is 0 Å². The largest absolute Gasteiger partial charge is 0.309 e. The van der Waals surface area contributed by atoms with Crippen molar-refractivity contribution in [3.05, 3.63) is 16.1 Å². The van der Waals surface area contributed by atoms with Gasteiger partial charge in [-0.1, -0.05) is 26.7 Å². The smallest absolute Gasteiger partial charge is 0.0953 e. The fourth-order valence-electron chi connectivity index (χ4n) is 1.88. The molecule has 1 aromatic rings. The van der Waals surface area contributed by atoms with E-state index in [1.165, 1.54) is 29.1 Å². The van der Waals surface area contributed by atoms with Crippen molar-refractivity contribution in [2.24, 2.45) is 5.92 Å². The molecule has 90 valence electrons. The van der Waals surface area contributed by atoms with E-state index in [4.69, 9.17) is 0 Å². The molecule has 1 aromatic heterocycles. The molecule has 1 fully saturated rings. The molecule has 1 unspecified atom stereocenters. The molecule has 0 spiro atoms. The van der Waals surface area contributed by atoms with Gasteiger partial charge in [0.05, 0.1) is 5.01 Å². The van der Waals surface area contributed by atoms with Crippen molar-refractivity contribution in [1.29, 1.82) is 0 Å². The summed E-state index contributed by atoms with van der Waals surface area (Å²) >= 11 is 1.84. The van der Waals surface area contributed by atoms with Gasteiger partial charge in [0.2, 0.25) is 0 Å². The van der Waals surface area contributed by atoms with E-state index in [0.29, 0.717) is 12.0 Å². The highest BCUT2D eigenvalue weighted by Crippen LogP contribution is 2.33. The van der Waals surface area contributed by atoms with E-state index in [-0.39, 0.29) is 0 Å². The maximum atomic E-state index is 4.45. The molecule has 0 amide bonds. The van der Waals surface area contributed by atoms with Gasteiger partial charge in [-0.2, -0.15) is 0 Å². The van der Waals surface area contributed by atoms with E-state index in [0.717, 1.165) is 12.5 Å². The highest BCUT2D eigenvalue weighted by Gasteiger charge is 2.23. The normalized spacial score (nSPS) is 18.0. The third kappa shape index (κ3) is 3.56. The van der Waals surface area contributed by atoms with Crippen LogP contribution in [0.2, 0.25) is 0 Å². The molecule has 1 saturated carbocycles. The molecule has 0 radical (unpaired) electrons. The minimum Gasteiger partial charge on any atom is -0.309 e. The molecule has 1 heterocycles. The summed E-state index contributed by atoms with van der Waals surface area (Å²) in [6.07, 6.45) is 6.26. The number of hydrogen-bond acceptors (Lipinski definition) is 3. The van der Waals surface area contributed by atoms with Crippen LogP contribution in [0.25, 0.3) is 0 Å². The second kappa shape index (κ2) is 5.28. The Bertz CT molecular complexity index is 328. The number of aromatic nitrogens is 1. The second-order valence-corrected chi connectivity index (χ2v) is 6.43. The van der Waals surface area contributed by atoms with E-state index >= 15 is 0 Å². The van der Waals surface area contributed by atoms with Crippen LogP contribution >= 0.6 is 11.3 Å². The molecule has 0 saturated heterocycles. The Morgan fingerprint density at radius 3 is 2.75 bits per heavy atom. The highest BCUT2D eigenvalue weighted by molar-refractivity contribution is 7.11. The molecular formula is C13H22N2S. The third-order valence-electron chi connectivity index (χ3n) is 3.07. The first-order chi connectivity index (χ1) is 7.65. The lowest BCUT2D eigenvalue weighted by atomic mass is 10.1. The van der Waals surface area contributed by atoms with E-state index in [9.17, 15) is 0 Å². The monoisotopic (exact) mass is 238 g/mol. The molecule has 16 heavy (non-hydrogen) atoms. The van der Waals surface area contributed by atoms with Gasteiger partial charge >= 0.3 is 0 Å². The van der Waals surface area contributed by atoms with Crippen molar-refractivity contribution >= 4 is 11.3 Å². The fourth-order valence-corrected chi connectivity index (χ4v) is 2.75. The van der Waals surface area contributed by atoms with E-state index < -0.39 is 0 Å². The van der Waals surface area contributed by atoms with E-state index in [1.807, 2.05) is 17.5 Å². The number of rotatable bonds is 6. The van der Waals surface area contributed by atoms with Gasteiger partial charge in [-0.25, -0.2) is 4.98 Å². The van der Waals surface area contributed by atoms with Crippen LogP contribution in [0, 0.1) is 5.92 Å². The van der Waals surface area contributed by atoms with E-state index in [2.05, 4.69) is 31.1 Å². The van der Waals surface area contributed by atoms with Crippen LogP contribution in [0.1, 0.15) is 55.8 Å². The Hall–Kier alpha value is -0.410. The minimum atomic E-state index is 0.558. The average Bonchev–Trinajstić information content (AvgIpc) is 2.91. The number of nitrogens with one attached hydrogen (secondary N) is 1. The Kier molecular flexibility index (Phi) is 3.98. The maximum absolute atomic E-state index is 4.45. The maximum Gasteiger partial charge on any atom is 0.0953 e. The zero-order valence-electron chi connectivity index (χ0n) is 10.5. The molecule has 2 nitrogen and oxygen atoms in total. The van der Waals surface area contributed by atoms with Gasteiger partial charge in [-0.15, -0.1) is 11.3 Å². The van der Waals surface area contributed by atoms with Crippen LogP contribution in [0.3, 0.4) is 0 Å². The van der Waals surface area contributed by atoms with Gasteiger partial charge in [-0.05, 0) is 19.3 Å². The predicted molar refractivity (Wildman–Crippen MR) is 69.8 cm³/mol. The lowest BCUT2D eigenvalue weighted by Gasteiger charge is -2.11. The summed E-state index contributed by atoms with van der Waals surface area (Å²) in [6.45, 7) is 7.68. The van der Waals surface area contributed by atoms with Gasteiger partial charge in [0.25, 0.3) is 0 Å². The predicted octanol–water partition coefficient (Wildman–Crippen LogP) is 3.54. The number of hydrogen-bond donors (Lipinski definition) is 1. The summed E-state index contributed by atoms with van der Waals surface area (Å²) < 4.78 is 0. The molecular weight excluding hydrogens is 216 g/mol. The van der Waals surface area contributed by atoms with Gasteiger partial charge in [0.15, 0.2) is 0 Å². The van der Waals surface area contributed by atoms with Crippen molar-refractivity contribution in [1.82, 2.24) is 10.3 Å². The first-order valence-corrected chi connectivity index (χ1v) is 7.14. The zero-order valence-corrected chi connectivity index (χ0v) is 11.3. The van der Waals surface area contributed by atoms with Crippen LogP contribution in [-0.4, -0.2) is 11.0 Å². The molecule has 1 atom stereocenters. The Morgan fingerprint density at radius 1 is 1.44 bits per heavy atom. The standard InChI is InChI=1S/C13H22N2S/c1-9(2)13-15-8-12(16-13)7-14-10(3)6-11-4-5-11/h8-11,14H,4-7H2,1-3H3. The second-order valence-electron chi connectivity index (χ2n) is 5.28. The summed E-state index contributed by atoms with van der Waals surface area (Å²) in [4.78, 5) is 5.81. The SMILES string of the molecule is CC(CC1CC1)NCc1cnc(C(C)C)s1. The molecule has 0 bridgehead atoms. The van der Waals surface area contributed by atoms with Gasteiger partial charge in [0, 0.05) is 29.6 Å². The van der Waals surface area contributed by atoms with Gasteiger partial charge in [-0.3, -0.25) is 0 Å². The van der Waals surface area contributed by atoms with Crippen LogP contribution in [0.4, 0.5) is 0 Å². The minimum absolute atomic E-state index is 0.558. The summed E-state index contributed by atoms with van der Waals surface area (Å²) in [5, 5.41) is 4.85. The van der Waals surface area contributed by atoms with Crippen molar-refractivity contribution < 1.29 is 0 Å². The van der Waals surface area contributed by atoms with Crippen molar-refractivity contribution in [2.75, 3.05) is 0 Å². The highest BCUT2D eigenvalue weighted by atomic mass is 32.1. The third-order valence-corrected chi connectivity index (χ3v) is 4.37. The fraction of sp³-hybridized carbons (Fsp3) is 0.769. The quantitative estimate of drug-likeness (QED) is 0.820. The summed E-state index contributed by atoms with van der Waals surface area (Å²) in [5.74, 6) is 1.57. The molecule has 1 N–H and O–H groups in total. The van der Waals surface area contributed by atoms with Gasteiger partial charge < -0.3 is 5.32 Å². The molecule has 3 heteroatoms. The van der Waals surface area contributed by atoms with Crippen LogP contribution in [-0.2, 0) is 6.54 Å². The first kappa shape index (κ1) is 12.1. The average molecular weight is 238 g/mol. The van der Waals surface area contributed by atoms with E-state index in [1.54, 1.807) is 0 Å². The Morgan fingerprint density at radius 2 is 2.19 bits per heavy atom. The number of nitrogens with zero attached hydrogens (tertiary/aromatic N) is 1. The van der Waals surface area contributed by atoms with Crippen molar-refractivity contribution in [2.45, 2.75) is 58.5 Å². The van der Waals surface area contributed by atoms with Crippen LogP contribution < -0.4 is 5.32 Å². The Labute approximate surface area is 102 Å². The summed E-state index contributed by atoms with van der Waals surface area (Å²) in [6, 6.07) is 0.650. The van der Waals surface area contributed by atoms with Crippen molar-refractivity contribution in [3.8, 4) is 0 Å². The molecule has 1 aliphatic carbocycles. The molecule has 2 rings (SSSR count). The Balaban J connectivity index is 1.74. The summed E-state index contributed by atoms with van der Waals surface area (Å²) in [5.41, 5.74) is 0. The van der Waals surface area contributed by atoms with Crippen LogP contribution in [0.5, 0.6) is 0 Å².